The second-order valence-corrected chi connectivity index (χ2v) is 23.7. The minimum absolute atomic E-state index is 0.151. The van der Waals surface area contributed by atoms with E-state index < -0.39 is 0 Å². The molecule has 0 heteroatoms. The van der Waals surface area contributed by atoms with Crippen molar-refractivity contribution in [3.8, 4) is 55.6 Å². The lowest BCUT2D eigenvalue weighted by atomic mass is 9.67. The molecule has 82 heavy (non-hydrogen) atoms. The molecule has 0 heterocycles. The molecule has 0 aliphatic heterocycles. The largest absolute Gasteiger partial charge is 0.0725 e. The van der Waals surface area contributed by atoms with Crippen molar-refractivity contribution in [3.63, 3.8) is 0 Å². The molecule has 12 aromatic carbocycles. The Balaban J connectivity index is 0.000000101. The summed E-state index contributed by atoms with van der Waals surface area (Å²) in [5, 5.41) is 0. The zero-order valence-corrected chi connectivity index (χ0v) is 47.8. The minimum Gasteiger partial charge on any atom is -0.0622 e. The van der Waals surface area contributed by atoms with Crippen LogP contribution < -0.4 is 0 Å². The number of rotatable bonds is 2. The molecule has 5 aliphatic rings. The van der Waals surface area contributed by atoms with Crippen LogP contribution in [-0.4, -0.2) is 0 Å². The molecular weight excluding hydrogens is 985 g/mol. The van der Waals surface area contributed by atoms with E-state index in [0.717, 1.165) is 6.42 Å². The highest BCUT2D eigenvalue weighted by atomic mass is 14.5. The molecule has 0 aromatic heterocycles. The molecule has 0 bridgehead atoms. The van der Waals surface area contributed by atoms with Crippen LogP contribution in [0.1, 0.15) is 103 Å². The summed E-state index contributed by atoms with van der Waals surface area (Å²) in [5.41, 5.74) is 35.8. The molecule has 394 valence electrons. The fourth-order valence-corrected chi connectivity index (χ4v) is 14.9. The first-order chi connectivity index (χ1) is 40.1. The fraction of sp³-hybridized carbons (Fsp3) is 0.122. The summed E-state index contributed by atoms with van der Waals surface area (Å²) in [5.74, 6) is 0. The van der Waals surface area contributed by atoms with E-state index in [0.29, 0.717) is 0 Å². The Morgan fingerprint density at radius 2 is 0.512 bits per heavy atom. The van der Waals surface area contributed by atoms with Gasteiger partial charge in [0.2, 0.25) is 0 Å². The molecule has 1 spiro atoms. The van der Waals surface area contributed by atoms with Crippen LogP contribution in [0.5, 0.6) is 0 Å². The zero-order valence-electron chi connectivity index (χ0n) is 47.8. The molecule has 5 aliphatic carbocycles. The number of aryl methyl sites for hydroxylation is 4. The maximum Gasteiger partial charge on any atom is 0.0725 e. The lowest BCUT2D eigenvalue weighted by Crippen LogP contribution is -2.28. The first-order valence-corrected chi connectivity index (χ1v) is 29.2. The van der Waals surface area contributed by atoms with Gasteiger partial charge in [0.25, 0.3) is 0 Å². The summed E-state index contributed by atoms with van der Waals surface area (Å²) >= 11 is 0. The topological polar surface area (TPSA) is 0 Å². The fourth-order valence-electron chi connectivity index (χ4n) is 14.9. The molecule has 17 rings (SSSR count). The third kappa shape index (κ3) is 7.87. The summed E-state index contributed by atoms with van der Waals surface area (Å²) < 4.78 is 0. The monoisotopic (exact) mass is 1050 g/mol. The van der Waals surface area contributed by atoms with Crippen molar-refractivity contribution in [2.24, 2.45) is 0 Å². The van der Waals surface area contributed by atoms with Gasteiger partial charge in [-0.15, -0.1) is 0 Å². The SMILES string of the molecule is Cc1ccc2c(c1)C(C)(C)c1ccccc1-2.Cc1ccc2c(c1)C(c1ccccc1)(c1ccccc1)c1ccccc1-2.Cc1ccc2c(c1)C1(c3ccccc3-c3ccccc31)c1ccccc1-2.Cc1ccc2c(c1)Cc1ccccc1-2. The Bertz CT molecular complexity index is 4230. The van der Waals surface area contributed by atoms with Crippen LogP contribution in [0.15, 0.2) is 279 Å². The molecule has 0 nitrogen and oxygen atoms in total. The van der Waals surface area contributed by atoms with Crippen LogP contribution in [0.25, 0.3) is 55.6 Å². The third-order valence-electron chi connectivity index (χ3n) is 18.5. The number of hydrogen-bond acceptors (Lipinski definition) is 0. The van der Waals surface area contributed by atoms with Crippen molar-refractivity contribution in [2.75, 3.05) is 0 Å². The van der Waals surface area contributed by atoms with Crippen LogP contribution in [0.4, 0.5) is 0 Å². The standard InChI is InChI=1S/C26H18.C26H20.C16H16.C14H12/c1-17-14-15-21-20-10-4-7-13-24(20)26(25(21)16-17)22-11-5-2-8-18(22)19-9-3-6-12-23(19)26;1-19-16-17-23-22-14-8-9-15-24(22)26(25(23)18-19,20-10-4-2-5-11-20)21-12-6-3-7-13-21;1-11-8-9-13-12-6-4-5-7-14(12)16(2,3)15(13)10-11;1-10-6-7-14-12(8-10)9-11-4-2-3-5-13(11)14/h2-16H,1H3;2-18H,1H3;4-10H,1-3H3;2-8H,9H2,1H3. The van der Waals surface area contributed by atoms with Crippen LogP contribution in [0, 0.1) is 27.7 Å². The Morgan fingerprint density at radius 3 is 0.976 bits per heavy atom. The van der Waals surface area contributed by atoms with Crippen molar-refractivity contribution < 1.29 is 0 Å². The Kier molecular flexibility index (Phi) is 12.4. The highest BCUT2D eigenvalue weighted by molar-refractivity contribution is 5.95. The molecule has 0 radical (unpaired) electrons. The summed E-state index contributed by atoms with van der Waals surface area (Å²) in [4.78, 5) is 0. The van der Waals surface area contributed by atoms with Gasteiger partial charge in [0.15, 0.2) is 0 Å². The number of benzene rings is 12. The van der Waals surface area contributed by atoms with E-state index in [1.807, 2.05) is 0 Å². The first kappa shape index (κ1) is 50.8. The van der Waals surface area contributed by atoms with Gasteiger partial charge in [-0.1, -0.05) is 315 Å². The van der Waals surface area contributed by atoms with Gasteiger partial charge in [-0.05, 0) is 157 Å². The number of fused-ring (bicyclic) bond motifs is 19. The second kappa shape index (κ2) is 20.0. The molecule has 12 aromatic rings. The van der Waals surface area contributed by atoms with Gasteiger partial charge in [0.1, 0.15) is 0 Å². The average molecular weight is 1050 g/mol. The molecule has 0 saturated carbocycles. The molecule has 0 unspecified atom stereocenters. The molecule has 0 amide bonds. The van der Waals surface area contributed by atoms with E-state index in [2.05, 4.69) is 321 Å². The van der Waals surface area contributed by atoms with E-state index in [9.17, 15) is 0 Å². The van der Waals surface area contributed by atoms with Crippen molar-refractivity contribution in [2.45, 2.75) is 64.2 Å². The van der Waals surface area contributed by atoms with Crippen LogP contribution in [0.3, 0.4) is 0 Å². The van der Waals surface area contributed by atoms with Gasteiger partial charge in [-0.25, -0.2) is 0 Å². The Labute approximate surface area is 485 Å². The van der Waals surface area contributed by atoms with E-state index >= 15 is 0 Å². The molecule has 0 N–H and O–H groups in total. The van der Waals surface area contributed by atoms with Crippen LogP contribution in [-0.2, 0) is 22.7 Å². The van der Waals surface area contributed by atoms with E-state index in [1.54, 1.807) is 0 Å². The van der Waals surface area contributed by atoms with Gasteiger partial charge >= 0.3 is 0 Å². The summed E-state index contributed by atoms with van der Waals surface area (Å²) in [7, 11) is 0. The van der Waals surface area contributed by atoms with Crippen LogP contribution in [0.2, 0.25) is 0 Å². The lowest BCUT2D eigenvalue weighted by molar-refractivity contribution is 0.660. The van der Waals surface area contributed by atoms with Crippen molar-refractivity contribution in [3.05, 3.63) is 368 Å². The van der Waals surface area contributed by atoms with E-state index in [-0.39, 0.29) is 16.2 Å². The summed E-state index contributed by atoms with van der Waals surface area (Å²) in [6.07, 6.45) is 1.10. The average Bonchev–Trinajstić information content (AvgIpc) is 2.49. The minimum atomic E-state index is -0.263. The maximum absolute atomic E-state index is 2.40. The highest BCUT2D eigenvalue weighted by Gasteiger charge is 2.51. The Morgan fingerprint density at radius 1 is 0.220 bits per heavy atom. The summed E-state index contributed by atoms with van der Waals surface area (Å²) in [6, 6.07) is 102. The molecule has 0 fully saturated rings. The van der Waals surface area contributed by atoms with Crippen molar-refractivity contribution in [1.82, 2.24) is 0 Å². The molecular formula is C82H66. The molecule has 0 saturated heterocycles. The van der Waals surface area contributed by atoms with Gasteiger partial charge in [-0.2, -0.15) is 0 Å². The van der Waals surface area contributed by atoms with Gasteiger partial charge in [0.05, 0.1) is 10.8 Å². The van der Waals surface area contributed by atoms with Crippen molar-refractivity contribution in [1.29, 1.82) is 0 Å². The first-order valence-electron chi connectivity index (χ1n) is 29.2. The maximum atomic E-state index is 2.40. The van der Waals surface area contributed by atoms with Crippen molar-refractivity contribution >= 4 is 0 Å². The normalized spacial score (nSPS) is 14.2. The van der Waals surface area contributed by atoms with E-state index in [4.69, 9.17) is 0 Å². The van der Waals surface area contributed by atoms with Gasteiger partial charge < -0.3 is 0 Å². The van der Waals surface area contributed by atoms with Crippen LogP contribution >= 0.6 is 0 Å². The predicted octanol–water partition coefficient (Wildman–Crippen LogP) is 20.6. The number of hydrogen-bond donors (Lipinski definition) is 0. The third-order valence-corrected chi connectivity index (χ3v) is 18.5. The smallest absolute Gasteiger partial charge is 0.0622 e. The van der Waals surface area contributed by atoms with Gasteiger partial charge in [-0.3, -0.25) is 0 Å². The van der Waals surface area contributed by atoms with E-state index in [1.165, 1.54) is 145 Å². The Hall–Kier alpha value is -9.36. The van der Waals surface area contributed by atoms with Gasteiger partial charge in [0, 0.05) is 5.41 Å². The zero-order chi connectivity index (χ0) is 55.7. The lowest BCUT2D eigenvalue weighted by Gasteiger charge is -2.34. The highest BCUT2D eigenvalue weighted by Crippen LogP contribution is 2.63. The quantitative estimate of drug-likeness (QED) is 0.162. The molecule has 0 atom stereocenters. The second-order valence-electron chi connectivity index (χ2n) is 23.7. The predicted molar refractivity (Wildman–Crippen MR) is 344 cm³/mol. The summed E-state index contributed by atoms with van der Waals surface area (Å²) in [6.45, 7) is 13.3.